The summed E-state index contributed by atoms with van der Waals surface area (Å²) in [5, 5.41) is 0. The van der Waals surface area contributed by atoms with E-state index in [4.69, 9.17) is 4.74 Å². The van der Waals surface area contributed by atoms with Crippen molar-refractivity contribution < 1.29 is 4.74 Å². The predicted molar refractivity (Wildman–Crippen MR) is 71.8 cm³/mol. The number of aliphatic imine (C=N–C) groups is 1. The molecule has 0 atom stereocenters. The molecule has 0 bridgehead atoms. The fraction of sp³-hybridized carbons (Fsp3) is 0.786. The van der Waals surface area contributed by atoms with Crippen LogP contribution in [0, 0.1) is 5.92 Å². The van der Waals surface area contributed by atoms with Gasteiger partial charge < -0.3 is 4.74 Å². The van der Waals surface area contributed by atoms with Gasteiger partial charge in [-0.2, -0.15) is 0 Å². The van der Waals surface area contributed by atoms with Crippen molar-refractivity contribution in [3.63, 3.8) is 0 Å². The monoisotopic (exact) mass is 225 g/mol. The van der Waals surface area contributed by atoms with Crippen LogP contribution in [0.5, 0.6) is 0 Å². The Morgan fingerprint density at radius 1 is 1.31 bits per heavy atom. The molecular weight excluding hydrogens is 198 g/mol. The van der Waals surface area contributed by atoms with Crippen molar-refractivity contribution in [3.8, 4) is 0 Å². The third kappa shape index (κ3) is 5.94. The molecule has 0 aromatic heterocycles. The molecule has 1 aliphatic rings. The Kier molecular flexibility index (Phi) is 8.97. The van der Waals surface area contributed by atoms with Crippen molar-refractivity contribution in [3.05, 3.63) is 11.8 Å². The van der Waals surface area contributed by atoms with Gasteiger partial charge in [0.05, 0.1) is 6.61 Å². The summed E-state index contributed by atoms with van der Waals surface area (Å²) in [5.41, 5.74) is 1.44. The highest BCUT2D eigenvalue weighted by Gasteiger charge is 2.10. The summed E-state index contributed by atoms with van der Waals surface area (Å²) in [7, 11) is 0. The van der Waals surface area contributed by atoms with E-state index in [0.717, 1.165) is 31.8 Å². The second-order valence-corrected chi connectivity index (χ2v) is 4.08. The molecule has 0 amide bonds. The lowest BCUT2D eigenvalue weighted by atomic mass is 9.98. The smallest absolute Gasteiger partial charge is 0.188 e. The van der Waals surface area contributed by atoms with Crippen LogP contribution in [0.3, 0.4) is 0 Å². The first-order valence-electron chi connectivity index (χ1n) is 6.62. The molecule has 2 nitrogen and oxygen atoms in total. The molecule has 1 heterocycles. The summed E-state index contributed by atoms with van der Waals surface area (Å²) >= 11 is 0. The molecule has 0 radical (unpaired) electrons. The minimum atomic E-state index is 0.621. The van der Waals surface area contributed by atoms with E-state index in [2.05, 4.69) is 25.8 Å². The van der Waals surface area contributed by atoms with Gasteiger partial charge in [-0.15, -0.1) is 0 Å². The number of hydrogen-bond donors (Lipinski definition) is 0. The quantitative estimate of drug-likeness (QED) is 0.643. The van der Waals surface area contributed by atoms with Gasteiger partial charge in [-0.1, -0.05) is 41.0 Å². The Morgan fingerprint density at radius 3 is 2.44 bits per heavy atom. The van der Waals surface area contributed by atoms with Crippen molar-refractivity contribution >= 4 is 5.90 Å². The van der Waals surface area contributed by atoms with Gasteiger partial charge in [0.1, 0.15) is 0 Å². The molecule has 0 N–H and O–H groups in total. The zero-order valence-corrected chi connectivity index (χ0v) is 11.5. The zero-order valence-electron chi connectivity index (χ0n) is 11.5. The molecule has 0 spiro atoms. The van der Waals surface area contributed by atoms with Crippen LogP contribution in [0.4, 0.5) is 0 Å². The second kappa shape index (κ2) is 9.44. The van der Waals surface area contributed by atoms with E-state index in [-0.39, 0.29) is 0 Å². The summed E-state index contributed by atoms with van der Waals surface area (Å²) in [4.78, 5) is 4.34. The van der Waals surface area contributed by atoms with E-state index in [1.807, 2.05) is 20.0 Å². The first-order chi connectivity index (χ1) is 7.74. The predicted octanol–water partition coefficient (Wildman–Crippen LogP) is 4.56. The molecule has 0 aromatic carbocycles. The second-order valence-electron chi connectivity index (χ2n) is 4.08. The van der Waals surface area contributed by atoms with Crippen LogP contribution in [0.1, 0.15) is 60.3 Å². The minimum Gasteiger partial charge on any atom is -0.481 e. The fourth-order valence-corrected chi connectivity index (χ4v) is 1.42. The van der Waals surface area contributed by atoms with Crippen LogP contribution in [0.25, 0.3) is 0 Å². The maximum atomic E-state index is 5.56. The molecule has 16 heavy (non-hydrogen) atoms. The van der Waals surface area contributed by atoms with Crippen LogP contribution >= 0.6 is 0 Å². The highest BCUT2D eigenvalue weighted by atomic mass is 16.5. The van der Waals surface area contributed by atoms with Gasteiger partial charge in [0, 0.05) is 12.6 Å². The highest BCUT2D eigenvalue weighted by Crippen LogP contribution is 2.20. The molecule has 1 rings (SSSR count). The van der Waals surface area contributed by atoms with E-state index in [1.165, 1.54) is 12.0 Å². The Balaban J connectivity index is 0.00000106. The van der Waals surface area contributed by atoms with Gasteiger partial charge in [0.2, 0.25) is 0 Å². The third-order valence-electron chi connectivity index (χ3n) is 2.51. The van der Waals surface area contributed by atoms with E-state index in [9.17, 15) is 0 Å². The molecule has 0 fully saturated rings. The molecule has 0 saturated heterocycles. The Bertz CT molecular complexity index is 229. The van der Waals surface area contributed by atoms with E-state index in [0.29, 0.717) is 5.92 Å². The summed E-state index contributed by atoms with van der Waals surface area (Å²) in [6, 6.07) is 0. The third-order valence-corrected chi connectivity index (χ3v) is 2.51. The molecule has 94 valence electrons. The standard InChI is InChI=1S/C12H21NO.C2H6/c1-4-5-8-14-12-7-6-11(9-13-12)10(2)3;1-2/h9-10H,4-8H2,1-3H3;1-2H3. The van der Waals surface area contributed by atoms with E-state index < -0.39 is 0 Å². The van der Waals surface area contributed by atoms with Gasteiger partial charge in [0.15, 0.2) is 5.90 Å². The van der Waals surface area contributed by atoms with Crippen molar-refractivity contribution in [1.29, 1.82) is 0 Å². The summed E-state index contributed by atoms with van der Waals surface area (Å²) in [6.45, 7) is 11.4. The van der Waals surface area contributed by atoms with Crippen LogP contribution in [0.15, 0.2) is 16.8 Å². The number of hydrogen-bond acceptors (Lipinski definition) is 2. The number of nitrogens with zero attached hydrogens (tertiary/aromatic N) is 1. The van der Waals surface area contributed by atoms with Gasteiger partial charge in [0.25, 0.3) is 0 Å². The van der Waals surface area contributed by atoms with Crippen LogP contribution in [-0.2, 0) is 4.74 Å². The van der Waals surface area contributed by atoms with Crippen molar-refractivity contribution in [2.24, 2.45) is 10.9 Å². The maximum absolute atomic E-state index is 5.56. The Hall–Kier alpha value is -0.790. The topological polar surface area (TPSA) is 21.6 Å². The van der Waals surface area contributed by atoms with Gasteiger partial charge in [-0.25, -0.2) is 4.99 Å². The number of rotatable bonds is 4. The van der Waals surface area contributed by atoms with E-state index in [1.54, 1.807) is 0 Å². The van der Waals surface area contributed by atoms with Crippen LogP contribution in [0.2, 0.25) is 0 Å². The molecule has 0 aromatic rings. The van der Waals surface area contributed by atoms with Crippen molar-refractivity contribution in [1.82, 2.24) is 0 Å². The fourth-order valence-electron chi connectivity index (χ4n) is 1.42. The highest BCUT2D eigenvalue weighted by molar-refractivity contribution is 5.78. The minimum absolute atomic E-state index is 0.621. The summed E-state index contributed by atoms with van der Waals surface area (Å²) in [6.07, 6.45) is 6.38. The molecule has 1 aliphatic heterocycles. The maximum Gasteiger partial charge on any atom is 0.188 e. The SMILES string of the molecule is CC.CCCCOC1=NC=C(C(C)C)CC1. The summed E-state index contributed by atoms with van der Waals surface area (Å²) < 4.78 is 5.56. The first-order valence-corrected chi connectivity index (χ1v) is 6.62. The lowest BCUT2D eigenvalue weighted by Crippen LogP contribution is -2.10. The molecule has 0 saturated carbocycles. The number of ether oxygens (including phenoxy) is 1. The lowest BCUT2D eigenvalue weighted by molar-refractivity contribution is 0.286. The molecule has 0 unspecified atom stereocenters. The van der Waals surface area contributed by atoms with Gasteiger partial charge in [-0.3, -0.25) is 0 Å². The number of unbranched alkanes of at least 4 members (excludes halogenated alkanes) is 1. The normalized spacial score (nSPS) is 14.9. The van der Waals surface area contributed by atoms with Crippen LogP contribution < -0.4 is 0 Å². The molecule has 0 aliphatic carbocycles. The summed E-state index contributed by atoms with van der Waals surface area (Å²) in [5.74, 6) is 1.54. The lowest BCUT2D eigenvalue weighted by Gasteiger charge is -2.16. The zero-order chi connectivity index (χ0) is 12.4. The number of allylic oxidation sites excluding steroid dienone is 1. The Labute approximate surface area is 101 Å². The average molecular weight is 225 g/mol. The first kappa shape index (κ1) is 15.2. The van der Waals surface area contributed by atoms with Gasteiger partial charge >= 0.3 is 0 Å². The molecular formula is C14H27NO. The largest absolute Gasteiger partial charge is 0.481 e. The van der Waals surface area contributed by atoms with Gasteiger partial charge in [-0.05, 0) is 24.3 Å². The van der Waals surface area contributed by atoms with Crippen molar-refractivity contribution in [2.75, 3.05) is 6.61 Å². The van der Waals surface area contributed by atoms with Crippen molar-refractivity contribution in [2.45, 2.75) is 60.3 Å². The Morgan fingerprint density at radius 2 is 2.00 bits per heavy atom. The molecule has 2 heteroatoms. The average Bonchev–Trinajstić information content (AvgIpc) is 2.33. The van der Waals surface area contributed by atoms with Crippen LogP contribution in [-0.4, -0.2) is 12.5 Å². The van der Waals surface area contributed by atoms with E-state index >= 15 is 0 Å².